The number of rotatable bonds is 6. The van der Waals surface area contributed by atoms with Crippen LogP contribution in [0.4, 0.5) is 4.39 Å². The van der Waals surface area contributed by atoms with E-state index in [1.54, 1.807) is 18.5 Å². The Bertz CT molecular complexity index is 1630. The summed E-state index contributed by atoms with van der Waals surface area (Å²) >= 11 is 1.12. The third-order valence-electron chi connectivity index (χ3n) is 5.91. The lowest BCUT2D eigenvalue weighted by Crippen LogP contribution is -2.11. The summed E-state index contributed by atoms with van der Waals surface area (Å²) in [5, 5.41) is 12.9. The lowest BCUT2D eigenvalue weighted by Gasteiger charge is -2.06. The zero-order valence-electron chi connectivity index (χ0n) is 18.4. The Hall–Kier alpha value is -3.88. The SMILES string of the molecule is CCNCc1cncc(-c2ccc3[nH]nc(-c4cc5c(-c6ccc(F)s6)cncc5[nH]4)c3c2)c1. The molecule has 5 heterocycles. The average Bonchev–Trinajstić information content (AvgIpc) is 3.59. The van der Waals surface area contributed by atoms with Gasteiger partial charge in [-0.2, -0.15) is 9.49 Å². The molecule has 0 unspecified atom stereocenters. The van der Waals surface area contributed by atoms with E-state index < -0.39 is 0 Å². The Morgan fingerprint density at radius 2 is 1.82 bits per heavy atom. The number of hydrogen-bond acceptors (Lipinski definition) is 5. The van der Waals surface area contributed by atoms with E-state index in [4.69, 9.17) is 0 Å². The fourth-order valence-corrected chi connectivity index (χ4v) is 5.00. The van der Waals surface area contributed by atoms with Crippen LogP contribution in [0.3, 0.4) is 0 Å². The molecule has 34 heavy (non-hydrogen) atoms. The minimum atomic E-state index is -0.211. The molecule has 0 aliphatic heterocycles. The summed E-state index contributed by atoms with van der Waals surface area (Å²) in [6.45, 7) is 3.79. The van der Waals surface area contributed by atoms with Crippen molar-refractivity contribution in [2.75, 3.05) is 6.54 Å². The molecule has 0 atom stereocenters. The lowest BCUT2D eigenvalue weighted by atomic mass is 10.0. The van der Waals surface area contributed by atoms with E-state index in [2.05, 4.69) is 61.7 Å². The Labute approximate surface area is 198 Å². The van der Waals surface area contributed by atoms with Gasteiger partial charge in [-0.15, -0.1) is 11.3 Å². The minimum absolute atomic E-state index is 0.211. The van der Waals surface area contributed by atoms with Crippen LogP contribution < -0.4 is 5.32 Å². The summed E-state index contributed by atoms with van der Waals surface area (Å²) in [7, 11) is 0. The molecule has 0 spiro atoms. The van der Waals surface area contributed by atoms with Gasteiger partial charge in [-0.1, -0.05) is 13.0 Å². The number of aromatic amines is 2. The molecule has 3 N–H and O–H groups in total. The second kappa shape index (κ2) is 8.48. The van der Waals surface area contributed by atoms with Crippen LogP contribution in [0.15, 0.2) is 67.3 Å². The number of fused-ring (bicyclic) bond motifs is 2. The minimum Gasteiger partial charge on any atom is -0.352 e. The van der Waals surface area contributed by atoms with Crippen molar-refractivity contribution in [2.24, 2.45) is 0 Å². The molecule has 0 bridgehead atoms. The van der Waals surface area contributed by atoms with Crippen LogP contribution in [-0.4, -0.2) is 31.7 Å². The van der Waals surface area contributed by atoms with Crippen molar-refractivity contribution in [1.82, 2.24) is 30.5 Å². The van der Waals surface area contributed by atoms with Gasteiger partial charge in [0, 0.05) is 51.9 Å². The second-order valence-corrected chi connectivity index (χ2v) is 9.16. The standard InChI is InChI=1S/C26H21FN6S/c1-2-28-10-15-7-17(12-29-11-15)16-3-4-21-19(8-16)26(33-32-21)22-9-18-20(13-30-14-23(18)31-22)24-5-6-25(27)34-24/h3-9,11-14,28,31H,2,10H2,1H3,(H,32,33). The predicted octanol–water partition coefficient (Wildman–Crippen LogP) is 6.15. The van der Waals surface area contributed by atoms with Gasteiger partial charge in [-0.3, -0.25) is 15.1 Å². The summed E-state index contributed by atoms with van der Waals surface area (Å²) in [5.74, 6) is 0. The molecule has 0 amide bonds. The molecule has 6 rings (SSSR count). The molecule has 5 aromatic heterocycles. The number of thiophene rings is 1. The summed E-state index contributed by atoms with van der Waals surface area (Å²) in [5.41, 5.74) is 7.73. The first-order valence-corrected chi connectivity index (χ1v) is 11.9. The second-order valence-electron chi connectivity index (χ2n) is 8.13. The number of benzene rings is 1. The molecule has 0 radical (unpaired) electrons. The van der Waals surface area contributed by atoms with E-state index in [-0.39, 0.29) is 5.13 Å². The van der Waals surface area contributed by atoms with Gasteiger partial charge >= 0.3 is 0 Å². The van der Waals surface area contributed by atoms with Crippen LogP contribution in [-0.2, 0) is 6.54 Å². The van der Waals surface area contributed by atoms with Crippen LogP contribution in [0.2, 0.25) is 0 Å². The molecule has 0 fully saturated rings. The van der Waals surface area contributed by atoms with Gasteiger partial charge in [-0.05, 0) is 54.1 Å². The number of halogens is 1. The van der Waals surface area contributed by atoms with Crippen LogP contribution in [0.1, 0.15) is 12.5 Å². The maximum Gasteiger partial charge on any atom is 0.176 e. The van der Waals surface area contributed by atoms with Crippen molar-refractivity contribution in [3.63, 3.8) is 0 Å². The van der Waals surface area contributed by atoms with Gasteiger partial charge in [0.25, 0.3) is 0 Å². The van der Waals surface area contributed by atoms with Gasteiger partial charge in [0.15, 0.2) is 5.13 Å². The number of nitrogens with one attached hydrogen (secondary N) is 3. The molecule has 0 saturated carbocycles. The number of aromatic nitrogens is 5. The van der Waals surface area contributed by atoms with E-state index in [0.29, 0.717) is 0 Å². The third-order valence-corrected chi connectivity index (χ3v) is 6.82. The Kier molecular flexibility index (Phi) is 5.16. The number of pyridine rings is 2. The largest absolute Gasteiger partial charge is 0.352 e. The molecule has 0 aliphatic carbocycles. The zero-order chi connectivity index (χ0) is 23.1. The molecule has 168 valence electrons. The van der Waals surface area contributed by atoms with Crippen molar-refractivity contribution in [3.05, 3.63) is 77.9 Å². The predicted molar refractivity (Wildman–Crippen MR) is 135 cm³/mol. The van der Waals surface area contributed by atoms with Gasteiger partial charge < -0.3 is 10.3 Å². The average molecular weight is 469 g/mol. The van der Waals surface area contributed by atoms with Gasteiger partial charge in [-0.25, -0.2) is 0 Å². The first-order valence-electron chi connectivity index (χ1n) is 11.1. The van der Waals surface area contributed by atoms with Gasteiger partial charge in [0.2, 0.25) is 0 Å². The summed E-state index contributed by atoms with van der Waals surface area (Å²) in [6, 6.07) is 13.8. The fraction of sp³-hybridized carbons (Fsp3) is 0.115. The molecule has 0 aliphatic rings. The highest BCUT2D eigenvalue weighted by atomic mass is 32.1. The van der Waals surface area contributed by atoms with Gasteiger partial charge in [0.1, 0.15) is 5.69 Å². The van der Waals surface area contributed by atoms with Crippen LogP contribution in [0.25, 0.3) is 54.8 Å². The first-order chi connectivity index (χ1) is 16.7. The Morgan fingerprint density at radius 1 is 0.912 bits per heavy atom. The summed E-state index contributed by atoms with van der Waals surface area (Å²) in [6.07, 6.45) is 7.34. The van der Waals surface area contributed by atoms with Gasteiger partial charge in [0.05, 0.1) is 22.9 Å². The normalized spacial score (nSPS) is 11.6. The Morgan fingerprint density at radius 3 is 2.68 bits per heavy atom. The molecular weight excluding hydrogens is 447 g/mol. The van der Waals surface area contributed by atoms with E-state index in [9.17, 15) is 4.39 Å². The Balaban J connectivity index is 1.44. The lowest BCUT2D eigenvalue weighted by molar-refractivity contribution is 0.657. The molecule has 8 heteroatoms. The van der Waals surface area contributed by atoms with Crippen LogP contribution >= 0.6 is 11.3 Å². The van der Waals surface area contributed by atoms with Crippen molar-refractivity contribution in [3.8, 4) is 33.0 Å². The fourth-order valence-electron chi connectivity index (χ4n) is 4.24. The number of H-pyrrole nitrogens is 2. The quantitative estimate of drug-likeness (QED) is 0.274. The smallest absolute Gasteiger partial charge is 0.176 e. The van der Waals surface area contributed by atoms with Crippen LogP contribution in [0, 0.1) is 5.13 Å². The van der Waals surface area contributed by atoms with Crippen molar-refractivity contribution in [2.45, 2.75) is 13.5 Å². The molecule has 0 saturated heterocycles. The summed E-state index contributed by atoms with van der Waals surface area (Å²) in [4.78, 5) is 13.1. The van der Waals surface area contributed by atoms with Crippen molar-refractivity contribution in [1.29, 1.82) is 0 Å². The van der Waals surface area contributed by atoms with Crippen molar-refractivity contribution >= 4 is 33.1 Å². The highest BCUT2D eigenvalue weighted by Gasteiger charge is 2.15. The third kappa shape index (κ3) is 3.67. The van der Waals surface area contributed by atoms with E-state index in [0.717, 1.165) is 84.8 Å². The van der Waals surface area contributed by atoms with Crippen LogP contribution in [0.5, 0.6) is 0 Å². The highest BCUT2D eigenvalue weighted by molar-refractivity contribution is 7.14. The maximum absolute atomic E-state index is 13.6. The maximum atomic E-state index is 13.6. The molecular formula is C26H21FN6S. The first kappa shape index (κ1) is 20.7. The monoisotopic (exact) mass is 468 g/mol. The van der Waals surface area contributed by atoms with E-state index >= 15 is 0 Å². The van der Waals surface area contributed by atoms with E-state index in [1.807, 2.05) is 18.5 Å². The van der Waals surface area contributed by atoms with E-state index in [1.165, 1.54) is 6.07 Å². The zero-order valence-corrected chi connectivity index (χ0v) is 19.2. The van der Waals surface area contributed by atoms with Crippen molar-refractivity contribution < 1.29 is 4.39 Å². The number of hydrogen-bond donors (Lipinski definition) is 3. The molecule has 6 aromatic rings. The summed E-state index contributed by atoms with van der Waals surface area (Å²) < 4.78 is 13.6. The molecule has 6 nitrogen and oxygen atoms in total. The highest BCUT2D eigenvalue weighted by Crippen LogP contribution is 2.36. The topological polar surface area (TPSA) is 82.3 Å². The molecule has 1 aromatic carbocycles. The number of nitrogens with zero attached hydrogens (tertiary/aromatic N) is 3.